The Morgan fingerprint density at radius 3 is 2.89 bits per heavy atom. The highest BCUT2D eigenvalue weighted by atomic mass is 35.5. The van der Waals surface area contributed by atoms with Crippen LogP contribution in [0.4, 0.5) is 5.95 Å². The normalized spacial score (nSPS) is 11.1. The van der Waals surface area contributed by atoms with Gasteiger partial charge in [0.2, 0.25) is 5.95 Å². The average molecular weight is 284 g/mol. The lowest BCUT2D eigenvalue weighted by Gasteiger charge is -2.04. The molecule has 98 valence electrons. The van der Waals surface area contributed by atoms with Gasteiger partial charge in [0.25, 0.3) is 0 Å². The van der Waals surface area contributed by atoms with E-state index in [0.29, 0.717) is 11.1 Å². The molecule has 1 N–H and O–H groups in total. The first-order chi connectivity index (χ1) is 8.70. The van der Waals surface area contributed by atoms with Crippen LogP contribution in [0.1, 0.15) is 37.5 Å². The molecule has 0 aliphatic carbocycles. The van der Waals surface area contributed by atoms with Crippen molar-refractivity contribution in [3.05, 3.63) is 16.1 Å². The molecule has 0 radical (unpaired) electrons. The molecule has 2 heterocycles. The molecule has 0 amide bonds. The summed E-state index contributed by atoms with van der Waals surface area (Å²) >= 11 is 7.81. The third-order valence-electron chi connectivity index (χ3n) is 2.78. The summed E-state index contributed by atoms with van der Waals surface area (Å²) in [5.41, 5.74) is 0. The summed E-state index contributed by atoms with van der Waals surface area (Å²) in [5.74, 6) is 0.644. The highest BCUT2D eigenvalue weighted by molar-refractivity contribution is 7.18. The first-order valence-electron chi connectivity index (χ1n) is 6.38. The van der Waals surface area contributed by atoms with Crippen LogP contribution in [0.25, 0.3) is 10.2 Å². The molecule has 0 saturated heterocycles. The van der Waals surface area contributed by atoms with E-state index in [9.17, 15) is 0 Å². The van der Waals surface area contributed by atoms with Gasteiger partial charge in [-0.2, -0.15) is 0 Å². The van der Waals surface area contributed by atoms with Crippen LogP contribution in [-0.2, 0) is 0 Å². The fraction of sp³-hybridized carbons (Fsp3) is 0.538. The minimum Gasteiger partial charge on any atom is -0.354 e. The lowest BCUT2D eigenvalue weighted by molar-refractivity contribution is 0.683. The van der Waals surface area contributed by atoms with E-state index in [2.05, 4.69) is 29.1 Å². The average Bonchev–Trinajstić information content (AvgIpc) is 2.70. The van der Waals surface area contributed by atoms with Gasteiger partial charge >= 0.3 is 0 Å². The van der Waals surface area contributed by atoms with Crippen molar-refractivity contribution in [2.45, 2.75) is 39.5 Å². The number of unbranched alkanes of at least 4 members (excludes halogenated alkanes) is 3. The molecule has 0 aliphatic heterocycles. The van der Waals surface area contributed by atoms with Crippen LogP contribution in [-0.4, -0.2) is 16.5 Å². The monoisotopic (exact) mass is 283 g/mol. The van der Waals surface area contributed by atoms with Crippen molar-refractivity contribution in [1.29, 1.82) is 0 Å². The van der Waals surface area contributed by atoms with Crippen LogP contribution in [0.2, 0.25) is 5.15 Å². The molecule has 0 aromatic carbocycles. The summed E-state index contributed by atoms with van der Waals surface area (Å²) in [5, 5.41) is 4.74. The van der Waals surface area contributed by atoms with E-state index in [1.54, 1.807) is 11.3 Å². The Morgan fingerprint density at radius 1 is 1.28 bits per heavy atom. The number of nitrogens with zero attached hydrogens (tertiary/aromatic N) is 2. The van der Waals surface area contributed by atoms with Gasteiger partial charge in [-0.1, -0.05) is 37.8 Å². The summed E-state index contributed by atoms with van der Waals surface area (Å²) in [6.45, 7) is 5.18. The number of thiophene rings is 1. The minimum absolute atomic E-state index is 0.542. The highest BCUT2D eigenvalue weighted by Gasteiger charge is 2.08. The fourth-order valence-corrected chi connectivity index (χ4v) is 3.00. The standard InChI is InChI=1S/C13H18ClN3S/c1-3-4-5-6-7-15-13-16-11(14)10-8-9(2)18-12(10)17-13/h8H,3-7H2,1-2H3,(H,15,16,17). The molecule has 2 aromatic rings. The van der Waals surface area contributed by atoms with Crippen molar-refractivity contribution in [2.24, 2.45) is 0 Å². The Kier molecular flexibility index (Phi) is 4.78. The predicted molar refractivity (Wildman–Crippen MR) is 79.8 cm³/mol. The molecule has 18 heavy (non-hydrogen) atoms. The number of fused-ring (bicyclic) bond motifs is 1. The molecule has 3 nitrogen and oxygen atoms in total. The van der Waals surface area contributed by atoms with Gasteiger partial charge in [0.15, 0.2) is 0 Å². The maximum absolute atomic E-state index is 6.15. The zero-order valence-corrected chi connectivity index (χ0v) is 12.4. The molecule has 0 unspecified atom stereocenters. The van der Waals surface area contributed by atoms with Crippen molar-refractivity contribution in [2.75, 3.05) is 11.9 Å². The number of hydrogen-bond acceptors (Lipinski definition) is 4. The molecule has 0 saturated carbocycles. The van der Waals surface area contributed by atoms with Crippen LogP contribution in [0, 0.1) is 6.92 Å². The number of nitrogens with one attached hydrogen (secondary N) is 1. The van der Waals surface area contributed by atoms with Crippen molar-refractivity contribution in [3.8, 4) is 0 Å². The second-order valence-corrected chi connectivity index (χ2v) is 5.99. The van der Waals surface area contributed by atoms with Crippen LogP contribution in [0.5, 0.6) is 0 Å². The summed E-state index contributed by atoms with van der Waals surface area (Å²) < 4.78 is 0. The first kappa shape index (κ1) is 13.6. The molecule has 2 aromatic heterocycles. The van der Waals surface area contributed by atoms with Crippen molar-refractivity contribution in [3.63, 3.8) is 0 Å². The molecular weight excluding hydrogens is 266 g/mol. The lowest BCUT2D eigenvalue weighted by atomic mass is 10.2. The van der Waals surface area contributed by atoms with Gasteiger partial charge in [-0.05, 0) is 19.4 Å². The van der Waals surface area contributed by atoms with E-state index in [0.717, 1.165) is 23.2 Å². The number of rotatable bonds is 6. The van der Waals surface area contributed by atoms with Gasteiger partial charge in [-0.3, -0.25) is 0 Å². The van der Waals surface area contributed by atoms with Crippen LogP contribution in [0.3, 0.4) is 0 Å². The Hall–Kier alpha value is -0.870. The number of aromatic nitrogens is 2. The Bertz CT molecular complexity index is 524. The van der Waals surface area contributed by atoms with Crippen molar-refractivity contribution >= 4 is 39.1 Å². The Labute approximate surface area is 117 Å². The molecule has 2 rings (SSSR count). The molecule has 0 fully saturated rings. The summed E-state index contributed by atoms with van der Waals surface area (Å²) in [6, 6.07) is 2.04. The second-order valence-electron chi connectivity index (χ2n) is 4.40. The maximum atomic E-state index is 6.15. The molecular formula is C13H18ClN3S. The maximum Gasteiger partial charge on any atom is 0.225 e. The van der Waals surface area contributed by atoms with Gasteiger partial charge in [0, 0.05) is 16.8 Å². The lowest BCUT2D eigenvalue weighted by Crippen LogP contribution is -2.05. The zero-order chi connectivity index (χ0) is 13.0. The van der Waals surface area contributed by atoms with E-state index in [-0.39, 0.29) is 0 Å². The first-order valence-corrected chi connectivity index (χ1v) is 7.57. The van der Waals surface area contributed by atoms with Gasteiger partial charge in [0.05, 0.1) is 0 Å². The van der Waals surface area contributed by atoms with Crippen molar-refractivity contribution in [1.82, 2.24) is 9.97 Å². The third-order valence-corrected chi connectivity index (χ3v) is 4.02. The fourth-order valence-electron chi connectivity index (χ4n) is 1.84. The van der Waals surface area contributed by atoms with Crippen LogP contribution >= 0.6 is 22.9 Å². The second kappa shape index (κ2) is 6.34. The minimum atomic E-state index is 0.542. The number of aryl methyl sites for hydroxylation is 1. The molecule has 0 spiro atoms. The van der Waals surface area contributed by atoms with Crippen LogP contribution in [0.15, 0.2) is 6.07 Å². The molecule has 0 atom stereocenters. The van der Waals surface area contributed by atoms with Gasteiger partial charge < -0.3 is 5.32 Å². The smallest absolute Gasteiger partial charge is 0.225 e. The third kappa shape index (κ3) is 3.33. The number of hydrogen-bond donors (Lipinski definition) is 1. The van der Waals surface area contributed by atoms with E-state index < -0.39 is 0 Å². The quantitative estimate of drug-likeness (QED) is 0.620. The van der Waals surface area contributed by atoms with Crippen LogP contribution < -0.4 is 5.32 Å². The zero-order valence-electron chi connectivity index (χ0n) is 10.8. The summed E-state index contributed by atoms with van der Waals surface area (Å²) in [4.78, 5) is 10.9. The van der Waals surface area contributed by atoms with Crippen molar-refractivity contribution < 1.29 is 0 Å². The molecule has 0 aliphatic rings. The predicted octanol–water partition coefficient (Wildman–Crippen LogP) is 4.65. The molecule has 0 bridgehead atoms. The van der Waals surface area contributed by atoms with Gasteiger partial charge in [-0.25, -0.2) is 9.97 Å². The Morgan fingerprint density at radius 2 is 2.11 bits per heavy atom. The topological polar surface area (TPSA) is 37.8 Å². The Balaban J connectivity index is 2.00. The van der Waals surface area contributed by atoms with Gasteiger partial charge in [-0.15, -0.1) is 11.3 Å². The van der Waals surface area contributed by atoms with E-state index in [1.165, 1.54) is 24.1 Å². The highest BCUT2D eigenvalue weighted by Crippen LogP contribution is 2.29. The van der Waals surface area contributed by atoms with E-state index in [4.69, 9.17) is 11.6 Å². The number of halogens is 1. The number of anilines is 1. The van der Waals surface area contributed by atoms with E-state index in [1.807, 2.05) is 6.07 Å². The SMILES string of the molecule is CCCCCCNc1nc(Cl)c2cc(C)sc2n1. The molecule has 5 heteroatoms. The summed E-state index contributed by atoms with van der Waals surface area (Å²) in [7, 11) is 0. The van der Waals surface area contributed by atoms with Gasteiger partial charge in [0.1, 0.15) is 9.98 Å². The summed E-state index contributed by atoms with van der Waals surface area (Å²) in [6.07, 6.45) is 4.93. The largest absolute Gasteiger partial charge is 0.354 e. The van der Waals surface area contributed by atoms with E-state index >= 15 is 0 Å².